The topological polar surface area (TPSA) is 63.7 Å². The molecular weight excluding hydrogens is 442 g/mol. The number of nitrogens with zero attached hydrogens (tertiary/aromatic N) is 2. The van der Waals surface area contributed by atoms with Crippen molar-refractivity contribution in [1.29, 1.82) is 0 Å². The van der Waals surface area contributed by atoms with Gasteiger partial charge >= 0.3 is 6.18 Å². The number of aromatic nitrogens is 1. The van der Waals surface area contributed by atoms with E-state index in [0.717, 1.165) is 19.4 Å². The minimum absolute atomic E-state index is 0. The second-order valence-corrected chi connectivity index (χ2v) is 7.92. The number of alkyl halides is 3. The van der Waals surface area contributed by atoms with E-state index in [2.05, 4.69) is 10.3 Å². The molecular formula is C20H28ClF4N3O3. The lowest BCUT2D eigenvalue weighted by atomic mass is 9.87. The molecule has 1 atom stereocenters. The number of halogens is 5. The molecule has 0 bridgehead atoms. The average molecular weight is 470 g/mol. The van der Waals surface area contributed by atoms with Crippen molar-refractivity contribution in [1.82, 2.24) is 15.2 Å². The quantitative estimate of drug-likeness (QED) is 0.641. The van der Waals surface area contributed by atoms with E-state index in [-0.39, 0.29) is 68.3 Å². The Labute approximate surface area is 185 Å². The average Bonchev–Trinajstić information content (AvgIpc) is 3.23. The van der Waals surface area contributed by atoms with Crippen molar-refractivity contribution in [2.75, 3.05) is 20.7 Å². The number of rotatable bonds is 6. The first-order valence-corrected chi connectivity index (χ1v) is 10.1. The zero-order valence-corrected chi connectivity index (χ0v) is 18.3. The van der Waals surface area contributed by atoms with Crippen LogP contribution in [0.4, 0.5) is 17.6 Å². The van der Waals surface area contributed by atoms with Gasteiger partial charge in [-0.25, -0.2) is 4.39 Å². The molecule has 1 saturated carbocycles. The molecule has 1 aromatic heterocycles. The number of amides is 1. The molecule has 1 saturated heterocycles. The minimum atomic E-state index is -4.21. The summed E-state index contributed by atoms with van der Waals surface area (Å²) in [7, 11) is 3.01. The van der Waals surface area contributed by atoms with Crippen molar-refractivity contribution in [3.8, 4) is 11.8 Å². The molecule has 1 amide bonds. The van der Waals surface area contributed by atoms with Crippen molar-refractivity contribution >= 4 is 18.3 Å². The van der Waals surface area contributed by atoms with Crippen LogP contribution in [0.1, 0.15) is 44.1 Å². The minimum Gasteiger partial charge on any atom is -0.481 e. The number of carbonyl (C=O) groups is 1. The number of methoxy groups -OCH3 is 1. The summed E-state index contributed by atoms with van der Waals surface area (Å²) in [5.74, 6) is -2.33. The summed E-state index contributed by atoms with van der Waals surface area (Å²) in [5.41, 5.74) is 0.386. The van der Waals surface area contributed by atoms with Gasteiger partial charge in [0.25, 0.3) is 5.88 Å². The third kappa shape index (κ3) is 6.35. The molecule has 1 N–H and O–H groups in total. The van der Waals surface area contributed by atoms with Gasteiger partial charge < -0.3 is 19.7 Å². The molecule has 2 fully saturated rings. The van der Waals surface area contributed by atoms with Gasteiger partial charge in [0.05, 0.1) is 25.6 Å². The Morgan fingerprint density at radius 1 is 1.23 bits per heavy atom. The zero-order valence-electron chi connectivity index (χ0n) is 17.5. The van der Waals surface area contributed by atoms with Crippen molar-refractivity contribution < 1.29 is 31.8 Å². The zero-order chi connectivity index (χ0) is 21.9. The molecule has 2 heterocycles. The van der Waals surface area contributed by atoms with Crippen molar-refractivity contribution in [2.24, 2.45) is 5.92 Å². The summed E-state index contributed by atoms with van der Waals surface area (Å²) in [6.07, 6.45) is -2.78. The highest BCUT2D eigenvalue weighted by Crippen LogP contribution is 2.38. The van der Waals surface area contributed by atoms with Crippen molar-refractivity contribution in [3.63, 3.8) is 0 Å². The van der Waals surface area contributed by atoms with Crippen LogP contribution in [-0.2, 0) is 11.3 Å². The highest BCUT2D eigenvalue weighted by Gasteiger charge is 2.42. The highest BCUT2D eigenvalue weighted by atomic mass is 35.5. The summed E-state index contributed by atoms with van der Waals surface area (Å²) in [5, 5.41) is 3.13. The first kappa shape index (κ1) is 25.5. The fraction of sp³-hybridized carbons (Fsp3) is 0.700. The second-order valence-electron chi connectivity index (χ2n) is 7.92. The van der Waals surface area contributed by atoms with Gasteiger partial charge in [0.1, 0.15) is 6.10 Å². The molecule has 0 spiro atoms. The van der Waals surface area contributed by atoms with E-state index >= 15 is 0 Å². The molecule has 1 aromatic rings. The predicted octanol–water partition coefficient (Wildman–Crippen LogP) is 3.86. The van der Waals surface area contributed by atoms with E-state index in [1.165, 1.54) is 18.1 Å². The van der Waals surface area contributed by atoms with Gasteiger partial charge in [-0.2, -0.15) is 18.2 Å². The van der Waals surface area contributed by atoms with Gasteiger partial charge in [-0.15, -0.1) is 12.4 Å². The van der Waals surface area contributed by atoms with Crippen molar-refractivity contribution in [3.05, 3.63) is 17.4 Å². The number of hydrogen-bond acceptors (Lipinski definition) is 5. The van der Waals surface area contributed by atoms with Gasteiger partial charge in [0.2, 0.25) is 11.8 Å². The Hall–Kier alpha value is -1.81. The van der Waals surface area contributed by atoms with Gasteiger partial charge in [-0.1, -0.05) is 0 Å². The molecule has 176 valence electrons. The predicted molar refractivity (Wildman–Crippen MR) is 108 cm³/mol. The summed E-state index contributed by atoms with van der Waals surface area (Å²) in [6.45, 7) is 0.905. The Bertz CT molecular complexity index is 752. The Morgan fingerprint density at radius 3 is 2.45 bits per heavy atom. The van der Waals surface area contributed by atoms with Crippen LogP contribution in [0.2, 0.25) is 0 Å². The van der Waals surface area contributed by atoms with Crippen LogP contribution in [0.5, 0.6) is 11.8 Å². The molecule has 0 aromatic carbocycles. The lowest BCUT2D eigenvalue weighted by Gasteiger charge is -2.30. The van der Waals surface area contributed by atoms with Crippen LogP contribution < -0.4 is 14.8 Å². The smallest absolute Gasteiger partial charge is 0.391 e. The number of likely N-dealkylation sites (N-methyl/N-ethyl adjacent to an activating group) is 1. The van der Waals surface area contributed by atoms with Crippen LogP contribution in [0, 0.1) is 11.7 Å². The molecule has 1 unspecified atom stereocenters. The monoisotopic (exact) mass is 469 g/mol. The third-order valence-electron chi connectivity index (χ3n) is 5.73. The lowest BCUT2D eigenvalue weighted by Crippen LogP contribution is -2.41. The van der Waals surface area contributed by atoms with E-state index in [4.69, 9.17) is 9.47 Å². The van der Waals surface area contributed by atoms with Crippen LogP contribution >= 0.6 is 12.4 Å². The number of nitrogens with one attached hydrogen (secondary N) is 1. The van der Waals surface area contributed by atoms with Crippen LogP contribution in [-0.4, -0.2) is 54.8 Å². The number of pyridine rings is 1. The van der Waals surface area contributed by atoms with E-state index < -0.39 is 24.0 Å². The maximum Gasteiger partial charge on any atom is 0.391 e. The molecule has 31 heavy (non-hydrogen) atoms. The Morgan fingerprint density at radius 2 is 1.90 bits per heavy atom. The van der Waals surface area contributed by atoms with Crippen molar-refractivity contribution in [2.45, 2.75) is 63.4 Å². The molecule has 0 radical (unpaired) electrons. The summed E-state index contributed by atoms with van der Waals surface area (Å²) in [4.78, 5) is 18.0. The van der Waals surface area contributed by atoms with Gasteiger partial charge in [-0.3, -0.25) is 4.79 Å². The van der Waals surface area contributed by atoms with E-state index in [9.17, 15) is 22.4 Å². The van der Waals surface area contributed by atoms with Gasteiger partial charge in [0, 0.05) is 12.6 Å². The molecule has 11 heteroatoms. The van der Waals surface area contributed by atoms with Crippen LogP contribution in [0.3, 0.4) is 0 Å². The standard InChI is InChI=1S/C20H27F4N3O3.ClH/c1-27(19(28)16-4-3-9-25-16)11-12-10-15(21)18(26-17(12)29-2)30-14-7-5-13(6-8-14)20(22,23)24;/h10,13-14,16,25H,3-9,11H2,1-2H3;1H. The van der Waals surface area contributed by atoms with E-state index in [1.807, 2.05) is 0 Å². The first-order chi connectivity index (χ1) is 14.2. The SMILES string of the molecule is COc1nc(OC2CCC(C(F)(F)F)CC2)c(F)cc1CN(C)C(=O)C1CCCN1.Cl. The van der Waals surface area contributed by atoms with E-state index in [0.29, 0.717) is 5.56 Å². The first-order valence-electron chi connectivity index (χ1n) is 10.1. The normalized spacial score (nSPS) is 23.7. The third-order valence-corrected chi connectivity index (χ3v) is 5.73. The molecule has 1 aliphatic carbocycles. The highest BCUT2D eigenvalue weighted by molar-refractivity contribution is 5.85. The fourth-order valence-electron chi connectivity index (χ4n) is 4.03. The second kappa shape index (κ2) is 10.7. The molecule has 3 rings (SSSR count). The molecule has 2 aliphatic rings. The Balaban J connectivity index is 0.00000341. The lowest BCUT2D eigenvalue weighted by molar-refractivity contribution is -0.185. The maximum atomic E-state index is 14.6. The van der Waals surface area contributed by atoms with E-state index in [1.54, 1.807) is 7.05 Å². The largest absolute Gasteiger partial charge is 0.481 e. The summed E-state index contributed by atoms with van der Waals surface area (Å²) >= 11 is 0. The van der Waals surface area contributed by atoms with Gasteiger partial charge in [0.15, 0.2) is 5.82 Å². The maximum absolute atomic E-state index is 14.6. The van der Waals surface area contributed by atoms with Crippen LogP contribution in [0.15, 0.2) is 6.07 Å². The Kier molecular flexibility index (Phi) is 8.76. The fourth-order valence-corrected chi connectivity index (χ4v) is 4.03. The summed E-state index contributed by atoms with van der Waals surface area (Å²) in [6, 6.07) is 0.960. The number of carbonyl (C=O) groups excluding carboxylic acids is 1. The number of hydrogen-bond donors (Lipinski definition) is 1. The summed E-state index contributed by atoms with van der Waals surface area (Å²) < 4.78 is 63.8. The molecule has 6 nitrogen and oxygen atoms in total. The van der Waals surface area contributed by atoms with Gasteiger partial charge in [-0.05, 0) is 51.1 Å². The number of ether oxygens (including phenoxy) is 2. The molecule has 1 aliphatic heterocycles. The van der Waals surface area contributed by atoms with Crippen LogP contribution in [0.25, 0.3) is 0 Å².